The Balaban J connectivity index is 2.05. The molecule has 0 bridgehead atoms. The van der Waals surface area contributed by atoms with E-state index in [1.54, 1.807) is 0 Å². The Morgan fingerprint density at radius 3 is 2.32 bits per heavy atom. The first-order chi connectivity index (χ1) is 11.6. The van der Waals surface area contributed by atoms with Crippen molar-refractivity contribution in [3.63, 3.8) is 0 Å². The summed E-state index contributed by atoms with van der Waals surface area (Å²) in [5, 5.41) is 3.11. The second kappa shape index (κ2) is 6.03. The second-order valence-electron chi connectivity index (χ2n) is 6.34. The average molecular weight is 380 g/mol. The van der Waals surface area contributed by atoms with Crippen molar-refractivity contribution in [3.8, 4) is 0 Å². The van der Waals surface area contributed by atoms with Gasteiger partial charge >= 0.3 is 0 Å². The van der Waals surface area contributed by atoms with Gasteiger partial charge in [-0.25, -0.2) is 16.8 Å². The van der Waals surface area contributed by atoms with Crippen molar-refractivity contribution in [1.82, 2.24) is 0 Å². The predicted octanol–water partition coefficient (Wildman–Crippen LogP) is 2.23. The normalized spacial score (nSPS) is 14.4. The first kappa shape index (κ1) is 17.8. The van der Waals surface area contributed by atoms with Gasteiger partial charge in [-0.15, -0.1) is 0 Å². The summed E-state index contributed by atoms with van der Waals surface area (Å²) >= 11 is 0. The van der Waals surface area contributed by atoms with Gasteiger partial charge < -0.3 is 10.2 Å². The van der Waals surface area contributed by atoms with Crippen LogP contribution in [0.3, 0.4) is 0 Å². The van der Waals surface area contributed by atoms with Crippen LogP contribution in [0.15, 0.2) is 46.2 Å². The fraction of sp³-hybridized carbons (Fsp3) is 0.294. The lowest BCUT2D eigenvalue weighted by molar-refractivity contribution is 0.600. The van der Waals surface area contributed by atoms with E-state index in [0.29, 0.717) is 5.69 Å². The lowest BCUT2D eigenvalue weighted by Gasteiger charge is -2.16. The summed E-state index contributed by atoms with van der Waals surface area (Å²) in [5.74, 6) is 0. The minimum absolute atomic E-state index is 0.0211. The molecule has 0 amide bonds. The summed E-state index contributed by atoms with van der Waals surface area (Å²) in [5.41, 5.74) is 3.47. The lowest BCUT2D eigenvalue weighted by Crippen LogP contribution is -2.12. The second-order valence-corrected chi connectivity index (χ2v) is 10.3. The highest BCUT2D eigenvalue weighted by Crippen LogP contribution is 2.33. The van der Waals surface area contributed by atoms with Gasteiger partial charge in [0.15, 0.2) is 19.7 Å². The van der Waals surface area contributed by atoms with Gasteiger partial charge in [-0.2, -0.15) is 0 Å². The first-order valence-corrected chi connectivity index (χ1v) is 11.5. The quantitative estimate of drug-likeness (QED) is 0.876. The number of rotatable bonds is 4. The molecule has 1 aliphatic rings. The number of likely N-dealkylation sites (N-methyl/N-ethyl adjacent to an activating group) is 1. The zero-order chi connectivity index (χ0) is 18.4. The molecule has 1 N–H and O–H groups in total. The highest BCUT2D eigenvalue weighted by molar-refractivity contribution is 7.91. The van der Waals surface area contributed by atoms with Crippen LogP contribution in [0.1, 0.15) is 5.56 Å². The van der Waals surface area contributed by atoms with Crippen molar-refractivity contribution in [3.05, 3.63) is 42.0 Å². The Morgan fingerprint density at radius 2 is 1.68 bits per heavy atom. The smallest absolute Gasteiger partial charge is 0.177 e. The number of sulfone groups is 2. The third kappa shape index (κ3) is 3.64. The summed E-state index contributed by atoms with van der Waals surface area (Å²) in [4.78, 5) is 2.08. The number of fused-ring (bicyclic) bond motifs is 1. The Morgan fingerprint density at radius 1 is 0.960 bits per heavy atom. The topological polar surface area (TPSA) is 83.6 Å². The Hall–Kier alpha value is -2.06. The van der Waals surface area contributed by atoms with Crippen LogP contribution in [0.4, 0.5) is 17.1 Å². The summed E-state index contributed by atoms with van der Waals surface area (Å²) < 4.78 is 47.7. The molecule has 2 aromatic rings. The van der Waals surface area contributed by atoms with Crippen molar-refractivity contribution in [2.45, 2.75) is 16.2 Å². The summed E-state index contributed by atoms with van der Waals surface area (Å²) in [6.07, 6.45) is 3.11. The van der Waals surface area contributed by atoms with Crippen LogP contribution in [-0.4, -0.2) is 42.9 Å². The fourth-order valence-electron chi connectivity index (χ4n) is 2.92. The van der Waals surface area contributed by atoms with E-state index in [2.05, 4.69) is 10.2 Å². The molecule has 25 heavy (non-hydrogen) atoms. The van der Waals surface area contributed by atoms with E-state index in [0.717, 1.165) is 36.9 Å². The van der Waals surface area contributed by atoms with Crippen molar-refractivity contribution in [2.75, 3.05) is 36.3 Å². The van der Waals surface area contributed by atoms with Crippen LogP contribution in [0.25, 0.3) is 0 Å². The standard InChI is InChI=1S/C17H20N2O4S2/c1-19-9-8-12-4-5-13(10-16(12)19)18-15-7-6-14(24(2,20)21)11-17(15)25(3,22)23/h4-7,10-11,18H,8-9H2,1-3H3. The highest BCUT2D eigenvalue weighted by Gasteiger charge is 2.19. The Kier molecular flexibility index (Phi) is 4.28. The van der Waals surface area contributed by atoms with Gasteiger partial charge in [0.2, 0.25) is 0 Å². The van der Waals surface area contributed by atoms with Crippen LogP contribution in [-0.2, 0) is 26.1 Å². The number of nitrogens with zero attached hydrogens (tertiary/aromatic N) is 1. The molecule has 0 aromatic heterocycles. The maximum Gasteiger partial charge on any atom is 0.177 e. The molecule has 1 aliphatic heterocycles. The molecule has 3 rings (SSSR count). The van der Waals surface area contributed by atoms with Crippen molar-refractivity contribution in [2.24, 2.45) is 0 Å². The minimum atomic E-state index is -3.60. The van der Waals surface area contributed by atoms with Gasteiger partial charge in [-0.3, -0.25) is 0 Å². The highest BCUT2D eigenvalue weighted by atomic mass is 32.2. The van der Waals surface area contributed by atoms with E-state index in [9.17, 15) is 16.8 Å². The zero-order valence-electron chi connectivity index (χ0n) is 14.3. The van der Waals surface area contributed by atoms with E-state index in [1.165, 1.54) is 23.8 Å². The number of anilines is 3. The molecule has 0 atom stereocenters. The number of hydrogen-bond donors (Lipinski definition) is 1. The SMILES string of the molecule is CN1CCc2ccc(Nc3ccc(S(C)(=O)=O)cc3S(C)(=O)=O)cc21. The molecule has 2 aromatic carbocycles. The molecular weight excluding hydrogens is 360 g/mol. The van der Waals surface area contributed by atoms with E-state index in [1.807, 2.05) is 25.2 Å². The van der Waals surface area contributed by atoms with Crippen molar-refractivity contribution < 1.29 is 16.8 Å². The molecule has 1 heterocycles. The molecule has 0 unspecified atom stereocenters. The first-order valence-electron chi connectivity index (χ1n) is 7.71. The van der Waals surface area contributed by atoms with Crippen LogP contribution in [0.2, 0.25) is 0 Å². The number of benzene rings is 2. The molecule has 134 valence electrons. The number of nitrogens with one attached hydrogen (secondary N) is 1. The molecule has 0 aliphatic carbocycles. The van der Waals surface area contributed by atoms with Gasteiger partial charge in [-0.05, 0) is 42.3 Å². The maximum absolute atomic E-state index is 12.1. The van der Waals surface area contributed by atoms with E-state index < -0.39 is 19.7 Å². The molecule has 0 saturated heterocycles. The zero-order valence-corrected chi connectivity index (χ0v) is 15.9. The molecule has 6 nitrogen and oxygen atoms in total. The minimum Gasteiger partial charge on any atom is -0.374 e. The third-order valence-corrected chi connectivity index (χ3v) is 6.52. The van der Waals surface area contributed by atoms with Crippen LogP contribution in [0.5, 0.6) is 0 Å². The van der Waals surface area contributed by atoms with Crippen molar-refractivity contribution >= 4 is 36.7 Å². The lowest BCUT2D eigenvalue weighted by atomic mass is 10.1. The van der Waals surface area contributed by atoms with E-state index in [-0.39, 0.29) is 9.79 Å². The Bertz CT molecular complexity index is 1040. The van der Waals surface area contributed by atoms with Gasteiger partial charge in [0.05, 0.1) is 15.5 Å². The average Bonchev–Trinajstić information content (AvgIpc) is 2.86. The van der Waals surface area contributed by atoms with Crippen LogP contribution >= 0.6 is 0 Å². The fourth-order valence-corrected chi connectivity index (χ4v) is 4.50. The van der Waals surface area contributed by atoms with Crippen LogP contribution in [0, 0.1) is 0 Å². The molecule has 0 saturated carbocycles. The Labute approximate surface area is 148 Å². The molecular formula is C17H20N2O4S2. The monoisotopic (exact) mass is 380 g/mol. The summed E-state index contributed by atoms with van der Waals surface area (Å²) in [6, 6.07) is 9.99. The molecule has 8 heteroatoms. The largest absolute Gasteiger partial charge is 0.374 e. The summed E-state index contributed by atoms with van der Waals surface area (Å²) in [6.45, 7) is 0.955. The molecule has 0 fully saturated rings. The molecule has 0 spiro atoms. The number of hydrogen-bond acceptors (Lipinski definition) is 6. The van der Waals surface area contributed by atoms with Gasteiger partial charge in [-0.1, -0.05) is 6.07 Å². The van der Waals surface area contributed by atoms with Crippen molar-refractivity contribution in [1.29, 1.82) is 0 Å². The van der Waals surface area contributed by atoms with Crippen LogP contribution < -0.4 is 10.2 Å². The van der Waals surface area contributed by atoms with Gasteiger partial charge in [0.25, 0.3) is 0 Å². The summed E-state index contributed by atoms with van der Waals surface area (Å²) in [7, 11) is -5.07. The third-order valence-electron chi connectivity index (χ3n) is 4.27. The molecule has 0 radical (unpaired) electrons. The van der Waals surface area contributed by atoms with Gasteiger partial charge in [0.1, 0.15) is 0 Å². The van der Waals surface area contributed by atoms with E-state index >= 15 is 0 Å². The predicted molar refractivity (Wildman–Crippen MR) is 99.4 cm³/mol. The van der Waals surface area contributed by atoms with Gasteiger partial charge in [0, 0.05) is 37.5 Å². The van der Waals surface area contributed by atoms with E-state index in [4.69, 9.17) is 0 Å². The maximum atomic E-state index is 12.1.